The maximum Gasteiger partial charge on any atom is 0.319 e. The van der Waals surface area contributed by atoms with Crippen LogP contribution in [0.4, 0.5) is 4.39 Å². The fourth-order valence-electron chi connectivity index (χ4n) is 2.99. The van der Waals surface area contributed by atoms with Crippen LogP contribution in [0.1, 0.15) is 39.2 Å². The number of aromatic nitrogens is 5. The molecule has 0 unspecified atom stereocenters. The Balaban J connectivity index is 0.00000132. The number of fused-ring (bicyclic) bond motifs is 1. The summed E-state index contributed by atoms with van der Waals surface area (Å²) in [5.74, 6) is 0.0688. The van der Waals surface area contributed by atoms with E-state index < -0.39 is 5.82 Å². The van der Waals surface area contributed by atoms with E-state index >= 15 is 0 Å². The van der Waals surface area contributed by atoms with E-state index in [1.807, 2.05) is 48.7 Å². The molecule has 0 aliphatic rings. The van der Waals surface area contributed by atoms with Crippen molar-refractivity contribution >= 4 is 22.8 Å². The van der Waals surface area contributed by atoms with Crippen LogP contribution in [-0.4, -0.2) is 31.1 Å². The monoisotopic (exact) mass is 441 g/mol. The van der Waals surface area contributed by atoms with Gasteiger partial charge in [0.15, 0.2) is 10.8 Å². The van der Waals surface area contributed by atoms with Gasteiger partial charge < -0.3 is 9.30 Å². The first kappa shape index (κ1) is 22.6. The molecule has 3 heterocycles. The molecule has 8 heteroatoms. The van der Waals surface area contributed by atoms with E-state index in [0.717, 1.165) is 24.6 Å². The van der Waals surface area contributed by atoms with Gasteiger partial charge in [0, 0.05) is 11.8 Å². The zero-order valence-corrected chi connectivity index (χ0v) is 18.6. The Labute approximate surface area is 186 Å². The average molecular weight is 442 g/mol. The lowest BCUT2D eigenvalue weighted by atomic mass is 10.2. The highest BCUT2D eigenvalue weighted by molar-refractivity contribution is 6.33. The molecule has 0 saturated heterocycles. The van der Waals surface area contributed by atoms with E-state index in [2.05, 4.69) is 26.9 Å². The van der Waals surface area contributed by atoms with Crippen LogP contribution in [0.3, 0.4) is 0 Å². The number of benzene rings is 1. The fraction of sp³-hybridized carbons (Fsp3) is 0.304. The number of halogens is 2. The smallest absolute Gasteiger partial charge is 0.319 e. The maximum atomic E-state index is 13.8. The van der Waals surface area contributed by atoms with Crippen LogP contribution in [0, 0.1) is 5.82 Å². The zero-order valence-electron chi connectivity index (χ0n) is 17.8. The number of pyridine rings is 1. The molecule has 162 valence electrons. The Morgan fingerprint density at radius 2 is 1.84 bits per heavy atom. The third-order valence-corrected chi connectivity index (χ3v) is 4.67. The molecule has 6 nitrogen and oxygen atoms in total. The average Bonchev–Trinajstić information content (AvgIpc) is 3.15. The van der Waals surface area contributed by atoms with Gasteiger partial charge in [-0.3, -0.25) is 4.98 Å². The predicted octanol–water partition coefficient (Wildman–Crippen LogP) is 5.93. The van der Waals surface area contributed by atoms with Gasteiger partial charge in [-0.15, -0.1) is 0 Å². The molecule has 4 rings (SSSR count). The van der Waals surface area contributed by atoms with Gasteiger partial charge in [0.05, 0.1) is 19.3 Å². The molecule has 0 aliphatic heterocycles. The van der Waals surface area contributed by atoms with Crippen LogP contribution in [0.2, 0.25) is 5.15 Å². The summed E-state index contributed by atoms with van der Waals surface area (Å²) in [6, 6.07) is 11.5. The minimum atomic E-state index is -0.443. The lowest BCUT2D eigenvalue weighted by molar-refractivity contribution is 0.286. The van der Waals surface area contributed by atoms with Crippen molar-refractivity contribution in [2.75, 3.05) is 6.61 Å². The second-order valence-electron chi connectivity index (χ2n) is 6.57. The Morgan fingerprint density at radius 1 is 1.06 bits per heavy atom. The highest BCUT2D eigenvalue weighted by Crippen LogP contribution is 2.29. The normalized spacial score (nSPS) is 10.6. The van der Waals surface area contributed by atoms with Crippen molar-refractivity contribution in [3.63, 3.8) is 0 Å². The largest absolute Gasteiger partial charge is 0.463 e. The topological polar surface area (TPSA) is 65.7 Å². The molecule has 0 fully saturated rings. The Hall–Kier alpha value is -3.06. The third kappa shape index (κ3) is 5.35. The number of hydrogen-bond donors (Lipinski definition) is 0. The Morgan fingerprint density at radius 3 is 2.55 bits per heavy atom. The van der Waals surface area contributed by atoms with Gasteiger partial charge in [-0.1, -0.05) is 69.1 Å². The first-order valence-electron chi connectivity index (χ1n) is 10.4. The van der Waals surface area contributed by atoms with Crippen LogP contribution < -0.4 is 4.74 Å². The second kappa shape index (κ2) is 10.8. The zero-order chi connectivity index (χ0) is 22.2. The number of hydrogen-bond acceptors (Lipinski definition) is 5. The van der Waals surface area contributed by atoms with Gasteiger partial charge >= 0.3 is 6.01 Å². The summed E-state index contributed by atoms with van der Waals surface area (Å²) in [4.78, 5) is 17.3. The summed E-state index contributed by atoms with van der Waals surface area (Å²) in [7, 11) is 0. The lowest BCUT2D eigenvalue weighted by Crippen LogP contribution is -2.06. The Bertz CT molecular complexity index is 1130. The van der Waals surface area contributed by atoms with Gasteiger partial charge in [0.25, 0.3) is 0 Å². The minimum Gasteiger partial charge on any atom is -0.463 e. The van der Waals surface area contributed by atoms with Gasteiger partial charge in [-0.2, -0.15) is 9.97 Å². The minimum absolute atomic E-state index is 0.193. The van der Waals surface area contributed by atoms with Crippen LogP contribution in [0.15, 0.2) is 48.8 Å². The summed E-state index contributed by atoms with van der Waals surface area (Å²) in [6.45, 7) is 7.06. The maximum absolute atomic E-state index is 13.8. The molecule has 0 radical (unpaired) electrons. The van der Waals surface area contributed by atoms with Crippen molar-refractivity contribution in [3.05, 3.63) is 65.3 Å². The van der Waals surface area contributed by atoms with Gasteiger partial charge in [-0.05, 0) is 18.1 Å². The van der Waals surface area contributed by atoms with Gasteiger partial charge in [0.2, 0.25) is 0 Å². The van der Waals surface area contributed by atoms with Crippen LogP contribution >= 0.6 is 11.6 Å². The van der Waals surface area contributed by atoms with Crippen molar-refractivity contribution < 1.29 is 9.13 Å². The summed E-state index contributed by atoms with van der Waals surface area (Å²) < 4.78 is 21.3. The van der Waals surface area contributed by atoms with Crippen molar-refractivity contribution in [2.45, 2.75) is 40.2 Å². The predicted molar refractivity (Wildman–Crippen MR) is 121 cm³/mol. The molecule has 0 spiro atoms. The van der Waals surface area contributed by atoms with Crippen molar-refractivity contribution in [1.82, 2.24) is 24.5 Å². The van der Waals surface area contributed by atoms with E-state index in [4.69, 9.17) is 16.3 Å². The van der Waals surface area contributed by atoms with E-state index in [1.54, 1.807) is 6.20 Å². The molecule has 0 N–H and O–H groups in total. The fourth-order valence-corrected chi connectivity index (χ4v) is 3.19. The molecule has 0 bridgehead atoms. The van der Waals surface area contributed by atoms with Crippen LogP contribution in [0.5, 0.6) is 6.01 Å². The third-order valence-electron chi connectivity index (χ3n) is 4.41. The SMILES string of the molecule is CC.CCCCOc1nc(Cl)c2nc(-c3cncc(F)c3)n(Cc3ccccc3)c2n1. The van der Waals surface area contributed by atoms with Gasteiger partial charge in [0.1, 0.15) is 17.2 Å². The number of ether oxygens (including phenoxy) is 1. The number of rotatable bonds is 7. The summed E-state index contributed by atoms with van der Waals surface area (Å²) >= 11 is 6.39. The van der Waals surface area contributed by atoms with Crippen molar-refractivity contribution in [3.8, 4) is 17.4 Å². The second-order valence-corrected chi connectivity index (χ2v) is 6.93. The molecule has 0 atom stereocenters. The molecular formula is C23H25ClFN5O. The highest BCUT2D eigenvalue weighted by atomic mass is 35.5. The Kier molecular flexibility index (Phi) is 7.89. The molecule has 31 heavy (non-hydrogen) atoms. The van der Waals surface area contributed by atoms with E-state index in [9.17, 15) is 4.39 Å². The molecular weight excluding hydrogens is 417 g/mol. The molecule has 0 amide bonds. The first-order valence-corrected chi connectivity index (χ1v) is 10.7. The number of imidazole rings is 1. The van der Waals surface area contributed by atoms with Crippen molar-refractivity contribution in [2.24, 2.45) is 0 Å². The quantitative estimate of drug-likeness (QED) is 0.262. The van der Waals surface area contributed by atoms with Crippen LogP contribution in [-0.2, 0) is 6.54 Å². The summed E-state index contributed by atoms with van der Waals surface area (Å²) in [5, 5.41) is 0.193. The highest BCUT2D eigenvalue weighted by Gasteiger charge is 2.19. The first-order chi connectivity index (χ1) is 15.2. The van der Waals surface area contributed by atoms with Gasteiger partial charge in [-0.25, -0.2) is 9.37 Å². The van der Waals surface area contributed by atoms with E-state index in [1.165, 1.54) is 6.07 Å². The molecule has 3 aromatic heterocycles. The summed E-state index contributed by atoms with van der Waals surface area (Å²) in [5.41, 5.74) is 2.54. The molecule has 4 aromatic rings. The number of unbranched alkanes of at least 4 members (excludes halogenated alkanes) is 1. The lowest BCUT2D eigenvalue weighted by Gasteiger charge is -2.10. The standard InChI is InChI=1S/C21H19ClFN5O.C2H6/c1-2-3-9-29-21-26-18(22)17-20(27-21)28(13-14-7-5-4-6-8-14)19(25-17)15-10-16(23)12-24-11-15;1-2/h4-8,10-12H,2-3,9,13H2,1H3;1-2H3. The van der Waals surface area contributed by atoms with E-state index in [-0.39, 0.29) is 11.2 Å². The van der Waals surface area contributed by atoms with E-state index in [0.29, 0.717) is 35.7 Å². The molecule has 1 aromatic carbocycles. The summed E-state index contributed by atoms with van der Waals surface area (Å²) in [6.07, 6.45) is 4.60. The van der Waals surface area contributed by atoms with Crippen molar-refractivity contribution in [1.29, 1.82) is 0 Å². The molecule has 0 aliphatic carbocycles. The van der Waals surface area contributed by atoms with Crippen LogP contribution in [0.25, 0.3) is 22.6 Å². The molecule has 0 saturated carbocycles. The number of nitrogens with zero attached hydrogens (tertiary/aromatic N) is 5.